The number of hydrogen-bond donors (Lipinski definition) is 1. The third kappa shape index (κ3) is 3.52. The second-order valence-electron chi connectivity index (χ2n) is 4.96. The van der Waals surface area contributed by atoms with Crippen LogP contribution in [0.15, 0.2) is 35.4 Å². The average Bonchev–Trinajstić information content (AvgIpc) is 2.43. The minimum atomic E-state index is -3.24. The smallest absolute Gasteiger partial charge is 0.175 e. The predicted octanol–water partition coefficient (Wildman–Crippen LogP) is 2.26. The van der Waals surface area contributed by atoms with Gasteiger partial charge in [-0.05, 0) is 43.2 Å². The summed E-state index contributed by atoms with van der Waals surface area (Å²) in [5.74, 6) is 0.485. The van der Waals surface area contributed by atoms with E-state index < -0.39 is 9.84 Å². The van der Waals surface area contributed by atoms with Crippen molar-refractivity contribution < 1.29 is 13.2 Å². The van der Waals surface area contributed by atoms with Gasteiger partial charge in [-0.1, -0.05) is 6.07 Å². The maximum absolute atomic E-state index is 11.5. The summed E-state index contributed by atoms with van der Waals surface area (Å²) in [5, 5.41) is 0. The van der Waals surface area contributed by atoms with Gasteiger partial charge in [0.15, 0.2) is 9.84 Å². The van der Waals surface area contributed by atoms with Crippen LogP contribution in [0, 0.1) is 13.8 Å². The van der Waals surface area contributed by atoms with Gasteiger partial charge in [0.05, 0.1) is 10.6 Å². The molecule has 0 fully saturated rings. The fraction of sp³-hybridized carbons (Fsp3) is 0.267. The van der Waals surface area contributed by atoms with Crippen LogP contribution in [0.3, 0.4) is 0 Å². The molecule has 0 saturated heterocycles. The molecule has 5 nitrogen and oxygen atoms in total. The third-order valence-electron chi connectivity index (χ3n) is 3.28. The molecule has 0 aliphatic heterocycles. The minimum absolute atomic E-state index is 0.230. The number of nitrogens with zero attached hydrogens (tertiary/aromatic N) is 1. The largest absolute Gasteiger partial charge is 0.487 e. The van der Waals surface area contributed by atoms with Gasteiger partial charge in [-0.15, -0.1) is 0 Å². The van der Waals surface area contributed by atoms with Gasteiger partial charge in [0.2, 0.25) is 0 Å². The van der Waals surface area contributed by atoms with Crippen molar-refractivity contribution in [2.75, 3.05) is 12.0 Å². The average molecular weight is 306 g/mol. The van der Waals surface area contributed by atoms with Gasteiger partial charge in [-0.25, -0.2) is 8.42 Å². The van der Waals surface area contributed by atoms with E-state index in [2.05, 4.69) is 4.98 Å². The van der Waals surface area contributed by atoms with Crippen LogP contribution in [0.2, 0.25) is 0 Å². The summed E-state index contributed by atoms with van der Waals surface area (Å²) in [6.45, 7) is 4.03. The van der Waals surface area contributed by atoms with Crippen LogP contribution >= 0.6 is 0 Å². The summed E-state index contributed by atoms with van der Waals surface area (Å²) >= 11 is 0. The Morgan fingerprint density at radius 2 is 2.00 bits per heavy atom. The number of nitrogen functional groups attached to an aromatic ring is 1. The molecule has 0 saturated carbocycles. The highest BCUT2D eigenvalue weighted by Gasteiger charge is 2.10. The minimum Gasteiger partial charge on any atom is -0.487 e. The molecule has 0 aliphatic rings. The number of aryl methyl sites for hydroxylation is 1. The van der Waals surface area contributed by atoms with Crippen molar-refractivity contribution in [1.82, 2.24) is 4.98 Å². The van der Waals surface area contributed by atoms with E-state index in [1.54, 1.807) is 18.3 Å². The normalized spacial score (nSPS) is 11.4. The van der Waals surface area contributed by atoms with E-state index in [9.17, 15) is 8.42 Å². The highest BCUT2D eigenvalue weighted by molar-refractivity contribution is 7.90. The molecule has 2 aromatic rings. The monoisotopic (exact) mass is 306 g/mol. The van der Waals surface area contributed by atoms with Crippen LogP contribution in [-0.2, 0) is 16.4 Å². The van der Waals surface area contributed by atoms with Crippen molar-refractivity contribution in [2.45, 2.75) is 25.3 Å². The number of aromatic nitrogens is 1. The van der Waals surface area contributed by atoms with Crippen molar-refractivity contribution in [3.63, 3.8) is 0 Å². The lowest BCUT2D eigenvalue weighted by atomic mass is 10.1. The quantitative estimate of drug-likeness (QED) is 0.937. The molecular formula is C15H18N2O3S. The molecular weight excluding hydrogens is 288 g/mol. The third-order valence-corrected chi connectivity index (χ3v) is 4.40. The first-order valence-corrected chi connectivity index (χ1v) is 8.31. The van der Waals surface area contributed by atoms with E-state index in [0.717, 1.165) is 16.8 Å². The van der Waals surface area contributed by atoms with E-state index >= 15 is 0 Å². The summed E-state index contributed by atoms with van der Waals surface area (Å²) < 4.78 is 28.6. The number of rotatable bonds is 4. The first-order valence-electron chi connectivity index (χ1n) is 6.42. The van der Waals surface area contributed by atoms with E-state index in [0.29, 0.717) is 11.4 Å². The summed E-state index contributed by atoms with van der Waals surface area (Å²) in [6.07, 6.45) is 2.87. The fourth-order valence-corrected chi connectivity index (χ4v) is 2.54. The zero-order valence-corrected chi connectivity index (χ0v) is 13.1. The topological polar surface area (TPSA) is 82.3 Å². The number of anilines is 1. The first kappa shape index (κ1) is 15.3. The Morgan fingerprint density at radius 1 is 1.29 bits per heavy atom. The number of hydrogen-bond acceptors (Lipinski definition) is 5. The SMILES string of the molecule is Cc1cnc(COc2cccc(S(C)(=O)=O)c2)c(C)c1N. The van der Waals surface area contributed by atoms with Crippen LogP contribution in [0.4, 0.5) is 5.69 Å². The maximum Gasteiger partial charge on any atom is 0.175 e. The molecule has 1 aromatic carbocycles. The highest BCUT2D eigenvalue weighted by atomic mass is 32.2. The summed E-state index contributed by atoms with van der Waals surface area (Å²) in [4.78, 5) is 4.53. The second-order valence-corrected chi connectivity index (χ2v) is 6.98. The van der Waals surface area contributed by atoms with E-state index in [-0.39, 0.29) is 11.5 Å². The lowest BCUT2D eigenvalue weighted by Crippen LogP contribution is -2.05. The molecule has 1 aromatic heterocycles. The highest BCUT2D eigenvalue weighted by Crippen LogP contribution is 2.21. The Labute approximate surface area is 124 Å². The molecule has 0 spiro atoms. The first-order chi connectivity index (χ1) is 9.79. The standard InChI is InChI=1S/C15H18N2O3S/c1-10-8-17-14(11(2)15(10)16)9-20-12-5-4-6-13(7-12)21(3,18)19/h4-8H,9H2,1-3H3,(H2,16,17). The van der Waals surface area contributed by atoms with Crippen molar-refractivity contribution in [1.29, 1.82) is 0 Å². The Morgan fingerprint density at radius 3 is 2.67 bits per heavy atom. The van der Waals surface area contributed by atoms with E-state index in [1.165, 1.54) is 18.4 Å². The van der Waals surface area contributed by atoms with Crippen molar-refractivity contribution >= 4 is 15.5 Å². The molecule has 1 heterocycles. The van der Waals surface area contributed by atoms with Crippen molar-refractivity contribution in [2.24, 2.45) is 0 Å². The summed E-state index contributed by atoms with van der Waals surface area (Å²) in [6, 6.07) is 6.40. The predicted molar refractivity (Wildman–Crippen MR) is 82.0 cm³/mol. The Bertz CT molecular complexity index is 770. The molecule has 21 heavy (non-hydrogen) atoms. The Balaban J connectivity index is 2.20. The van der Waals surface area contributed by atoms with Crippen molar-refractivity contribution in [3.8, 4) is 5.75 Å². The molecule has 0 unspecified atom stereocenters. The van der Waals surface area contributed by atoms with Gasteiger partial charge >= 0.3 is 0 Å². The number of benzene rings is 1. The van der Waals surface area contributed by atoms with Gasteiger partial charge in [0.25, 0.3) is 0 Å². The van der Waals surface area contributed by atoms with Crippen LogP contribution < -0.4 is 10.5 Å². The van der Waals surface area contributed by atoms with Gasteiger partial charge in [0, 0.05) is 18.1 Å². The molecule has 0 aliphatic carbocycles. The molecule has 0 bridgehead atoms. The fourth-order valence-electron chi connectivity index (χ4n) is 1.88. The van der Waals surface area contributed by atoms with Crippen molar-refractivity contribution in [3.05, 3.63) is 47.3 Å². The molecule has 2 rings (SSSR count). The van der Waals surface area contributed by atoms with Gasteiger partial charge in [-0.3, -0.25) is 4.98 Å². The van der Waals surface area contributed by atoms with Crippen LogP contribution in [0.25, 0.3) is 0 Å². The number of pyridine rings is 1. The lowest BCUT2D eigenvalue weighted by Gasteiger charge is -2.11. The zero-order chi connectivity index (χ0) is 15.6. The van der Waals surface area contributed by atoms with Crippen LogP contribution in [-0.4, -0.2) is 19.7 Å². The maximum atomic E-state index is 11.5. The van der Waals surface area contributed by atoms with Gasteiger partial charge in [0.1, 0.15) is 12.4 Å². The summed E-state index contributed by atoms with van der Waals surface area (Å²) in [5.41, 5.74) is 9.21. The summed E-state index contributed by atoms with van der Waals surface area (Å²) in [7, 11) is -3.24. The molecule has 6 heteroatoms. The van der Waals surface area contributed by atoms with Gasteiger partial charge < -0.3 is 10.5 Å². The zero-order valence-electron chi connectivity index (χ0n) is 12.3. The van der Waals surface area contributed by atoms with E-state index in [4.69, 9.17) is 10.5 Å². The number of nitrogens with two attached hydrogens (primary N) is 1. The molecule has 2 N–H and O–H groups in total. The molecule has 0 radical (unpaired) electrons. The molecule has 112 valence electrons. The van der Waals surface area contributed by atoms with E-state index in [1.807, 2.05) is 13.8 Å². The molecule has 0 amide bonds. The Kier molecular flexibility index (Phi) is 4.18. The van der Waals surface area contributed by atoms with Gasteiger partial charge in [-0.2, -0.15) is 0 Å². The lowest BCUT2D eigenvalue weighted by molar-refractivity contribution is 0.299. The van der Waals surface area contributed by atoms with Crippen LogP contribution in [0.5, 0.6) is 5.75 Å². The number of ether oxygens (including phenoxy) is 1. The second kappa shape index (κ2) is 5.73. The number of sulfone groups is 1. The molecule has 0 atom stereocenters. The van der Waals surface area contributed by atoms with Crippen LogP contribution in [0.1, 0.15) is 16.8 Å². The Hall–Kier alpha value is -2.08.